The maximum Gasteiger partial charge on any atom is 0.123 e. The van der Waals surface area contributed by atoms with Crippen molar-refractivity contribution >= 4 is 0 Å². The minimum Gasteiger partial charge on any atom is -0.299 e. The van der Waals surface area contributed by atoms with Gasteiger partial charge in [-0.25, -0.2) is 4.39 Å². The van der Waals surface area contributed by atoms with Crippen molar-refractivity contribution in [2.24, 2.45) is 0 Å². The van der Waals surface area contributed by atoms with Crippen molar-refractivity contribution in [2.45, 2.75) is 91.0 Å². The summed E-state index contributed by atoms with van der Waals surface area (Å²) in [5, 5.41) is 0. The molecule has 0 aliphatic carbocycles. The number of unbranched alkanes of at least 4 members (excludes halogenated alkanes) is 9. The molecule has 0 amide bonds. The lowest BCUT2D eigenvalue weighted by Gasteiger charge is -2.22. The van der Waals surface area contributed by atoms with Gasteiger partial charge in [-0.15, -0.1) is 0 Å². The highest BCUT2D eigenvalue weighted by Gasteiger charge is 2.06. The molecule has 0 bridgehead atoms. The standard InChI is InChI=1S/C22H38FN/c1-3-5-7-9-11-13-19-24(18-12-10-8-6-4-2)20-21-14-16-22(23)17-15-21/h14-17H,3-13,18-20H2,1-2H3. The predicted octanol–water partition coefficient (Wildman–Crippen LogP) is 6.96. The van der Waals surface area contributed by atoms with Gasteiger partial charge in [0.05, 0.1) is 0 Å². The number of rotatable bonds is 15. The maximum atomic E-state index is 13.1. The lowest BCUT2D eigenvalue weighted by atomic mass is 10.1. The van der Waals surface area contributed by atoms with Crippen LogP contribution in [0, 0.1) is 5.82 Å². The van der Waals surface area contributed by atoms with Crippen LogP contribution in [0.15, 0.2) is 24.3 Å². The van der Waals surface area contributed by atoms with Crippen molar-refractivity contribution < 1.29 is 4.39 Å². The molecular weight excluding hydrogens is 297 g/mol. The number of halogens is 1. The summed E-state index contributed by atoms with van der Waals surface area (Å²) < 4.78 is 13.1. The second-order valence-corrected chi connectivity index (χ2v) is 7.08. The fourth-order valence-corrected chi connectivity index (χ4v) is 3.17. The molecule has 0 atom stereocenters. The first-order valence-corrected chi connectivity index (χ1v) is 10.2. The third-order valence-electron chi connectivity index (χ3n) is 4.73. The van der Waals surface area contributed by atoms with E-state index >= 15 is 0 Å². The Morgan fingerprint density at radius 1 is 0.667 bits per heavy atom. The summed E-state index contributed by atoms with van der Waals surface area (Å²) in [7, 11) is 0. The molecule has 0 radical (unpaired) electrons. The van der Waals surface area contributed by atoms with E-state index in [1.54, 1.807) is 12.1 Å². The van der Waals surface area contributed by atoms with E-state index in [2.05, 4.69) is 18.7 Å². The molecule has 24 heavy (non-hydrogen) atoms. The molecule has 0 aliphatic heterocycles. The molecule has 1 aromatic rings. The molecule has 0 unspecified atom stereocenters. The molecule has 0 heterocycles. The third-order valence-corrected chi connectivity index (χ3v) is 4.73. The Balaban J connectivity index is 2.32. The highest BCUT2D eigenvalue weighted by atomic mass is 19.1. The summed E-state index contributed by atoms with van der Waals surface area (Å²) in [6.07, 6.45) is 14.7. The highest BCUT2D eigenvalue weighted by molar-refractivity contribution is 5.15. The van der Waals surface area contributed by atoms with Crippen molar-refractivity contribution in [1.82, 2.24) is 4.90 Å². The SMILES string of the molecule is CCCCCCCCN(CCCCCCC)Cc1ccc(F)cc1. The van der Waals surface area contributed by atoms with Crippen LogP contribution in [0.25, 0.3) is 0 Å². The molecule has 0 spiro atoms. The zero-order valence-corrected chi connectivity index (χ0v) is 16.0. The van der Waals surface area contributed by atoms with Gasteiger partial charge in [-0.3, -0.25) is 4.90 Å². The van der Waals surface area contributed by atoms with Gasteiger partial charge in [-0.1, -0.05) is 83.8 Å². The van der Waals surface area contributed by atoms with Crippen LogP contribution in [0.4, 0.5) is 4.39 Å². The van der Waals surface area contributed by atoms with Crippen LogP contribution in [-0.2, 0) is 6.54 Å². The van der Waals surface area contributed by atoms with E-state index in [0.717, 1.165) is 6.54 Å². The third kappa shape index (κ3) is 10.8. The quantitative estimate of drug-likeness (QED) is 0.313. The van der Waals surface area contributed by atoms with Crippen molar-refractivity contribution in [3.8, 4) is 0 Å². The zero-order chi connectivity index (χ0) is 17.5. The Kier molecular flexibility index (Phi) is 12.7. The second kappa shape index (κ2) is 14.5. The van der Waals surface area contributed by atoms with Crippen molar-refractivity contribution in [2.75, 3.05) is 13.1 Å². The molecule has 138 valence electrons. The minimum absolute atomic E-state index is 0.138. The highest BCUT2D eigenvalue weighted by Crippen LogP contribution is 2.12. The molecule has 0 N–H and O–H groups in total. The van der Waals surface area contributed by atoms with Gasteiger partial charge < -0.3 is 0 Å². The summed E-state index contributed by atoms with van der Waals surface area (Å²) in [6.45, 7) is 7.85. The van der Waals surface area contributed by atoms with Crippen LogP contribution < -0.4 is 0 Å². The van der Waals surface area contributed by atoms with Gasteiger partial charge in [-0.05, 0) is 43.6 Å². The largest absolute Gasteiger partial charge is 0.299 e. The van der Waals surface area contributed by atoms with E-state index < -0.39 is 0 Å². The lowest BCUT2D eigenvalue weighted by Crippen LogP contribution is -2.25. The minimum atomic E-state index is -0.138. The van der Waals surface area contributed by atoms with Crippen molar-refractivity contribution in [3.63, 3.8) is 0 Å². The Labute approximate surface area is 149 Å². The number of nitrogens with zero attached hydrogens (tertiary/aromatic N) is 1. The summed E-state index contributed by atoms with van der Waals surface area (Å²) in [5.41, 5.74) is 1.23. The molecule has 2 heteroatoms. The summed E-state index contributed by atoms with van der Waals surface area (Å²) >= 11 is 0. The van der Waals surface area contributed by atoms with E-state index in [-0.39, 0.29) is 5.82 Å². The maximum absolute atomic E-state index is 13.1. The van der Waals surface area contributed by atoms with E-state index in [9.17, 15) is 4.39 Å². The van der Waals surface area contributed by atoms with Crippen LogP contribution in [0.1, 0.15) is 90.0 Å². The topological polar surface area (TPSA) is 3.24 Å². The average Bonchev–Trinajstić information content (AvgIpc) is 2.59. The van der Waals surface area contributed by atoms with Crippen LogP contribution in [0.5, 0.6) is 0 Å². The molecule has 1 aromatic carbocycles. The second-order valence-electron chi connectivity index (χ2n) is 7.08. The molecule has 1 rings (SSSR count). The summed E-state index contributed by atoms with van der Waals surface area (Å²) in [4.78, 5) is 2.57. The Hall–Kier alpha value is -0.890. The number of hydrogen-bond acceptors (Lipinski definition) is 1. The van der Waals surface area contributed by atoms with Gasteiger partial charge >= 0.3 is 0 Å². The van der Waals surface area contributed by atoms with Crippen LogP contribution >= 0.6 is 0 Å². The predicted molar refractivity (Wildman–Crippen MR) is 104 cm³/mol. The Morgan fingerprint density at radius 3 is 1.62 bits per heavy atom. The summed E-state index contributed by atoms with van der Waals surface area (Å²) in [6, 6.07) is 7.03. The molecule has 0 fully saturated rings. The fourth-order valence-electron chi connectivity index (χ4n) is 3.17. The Bertz CT molecular complexity index is 387. The molecule has 1 nitrogen and oxygen atoms in total. The van der Waals surface area contributed by atoms with Crippen molar-refractivity contribution in [3.05, 3.63) is 35.6 Å². The zero-order valence-electron chi connectivity index (χ0n) is 16.0. The van der Waals surface area contributed by atoms with Gasteiger partial charge in [0.25, 0.3) is 0 Å². The first-order chi connectivity index (χ1) is 11.8. The number of benzene rings is 1. The first-order valence-electron chi connectivity index (χ1n) is 10.2. The van der Waals surface area contributed by atoms with Crippen molar-refractivity contribution in [1.29, 1.82) is 0 Å². The van der Waals surface area contributed by atoms with Gasteiger partial charge in [0, 0.05) is 6.54 Å². The molecule has 0 aliphatic rings. The molecular formula is C22H38FN. The monoisotopic (exact) mass is 335 g/mol. The van der Waals surface area contributed by atoms with Crippen LogP contribution in [0.2, 0.25) is 0 Å². The van der Waals surface area contributed by atoms with E-state index in [0.29, 0.717) is 0 Å². The smallest absolute Gasteiger partial charge is 0.123 e. The van der Waals surface area contributed by atoms with Crippen LogP contribution in [-0.4, -0.2) is 18.0 Å². The Morgan fingerprint density at radius 2 is 1.12 bits per heavy atom. The van der Waals surface area contributed by atoms with Gasteiger partial charge in [-0.2, -0.15) is 0 Å². The average molecular weight is 336 g/mol. The molecule has 0 aromatic heterocycles. The fraction of sp³-hybridized carbons (Fsp3) is 0.727. The van der Waals surface area contributed by atoms with Gasteiger partial charge in [0.2, 0.25) is 0 Å². The van der Waals surface area contributed by atoms with Crippen LogP contribution in [0.3, 0.4) is 0 Å². The first kappa shape index (κ1) is 21.2. The normalized spacial score (nSPS) is 11.3. The van der Waals surface area contributed by atoms with E-state index in [4.69, 9.17) is 0 Å². The summed E-state index contributed by atoms with van der Waals surface area (Å²) in [5.74, 6) is -0.138. The molecule has 0 saturated carbocycles. The van der Waals surface area contributed by atoms with Gasteiger partial charge in [0.1, 0.15) is 5.82 Å². The number of hydrogen-bond donors (Lipinski definition) is 0. The lowest BCUT2D eigenvalue weighted by molar-refractivity contribution is 0.252. The van der Waals surface area contributed by atoms with E-state index in [1.165, 1.54) is 89.3 Å². The van der Waals surface area contributed by atoms with E-state index in [1.807, 2.05) is 12.1 Å². The molecule has 0 saturated heterocycles. The van der Waals surface area contributed by atoms with Gasteiger partial charge in [0.15, 0.2) is 0 Å².